The molecular weight excluding hydrogens is 315 g/mol. The molecule has 5 nitrogen and oxygen atoms in total. The molecule has 122 valence electrons. The lowest BCUT2D eigenvalue weighted by atomic mass is 10.1. The zero-order valence-electron chi connectivity index (χ0n) is 12.8. The van der Waals surface area contributed by atoms with Crippen LogP contribution in [-0.2, 0) is 4.79 Å². The van der Waals surface area contributed by atoms with Crippen LogP contribution in [0.15, 0.2) is 41.8 Å². The molecule has 1 aliphatic heterocycles. The van der Waals surface area contributed by atoms with E-state index in [0.29, 0.717) is 18.7 Å². The number of carbonyl (C=O) groups is 1. The Hall–Kier alpha value is -1.89. The van der Waals surface area contributed by atoms with Crippen LogP contribution in [0.25, 0.3) is 0 Å². The summed E-state index contributed by atoms with van der Waals surface area (Å²) in [6, 6.07) is 6.59. The first-order valence-corrected chi connectivity index (χ1v) is 8.71. The highest BCUT2D eigenvalue weighted by Crippen LogP contribution is 2.23. The van der Waals surface area contributed by atoms with Gasteiger partial charge in [-0.1, -0.05) is 0 Å². The summed E-state index contributed by atoms with van der Waals surface area (Å²) in [6.45, 7) is 1.51. The molecule has 0 spiro atoms. The van der Waals surface area contributed by atoms with Gasteiger partial charge in [-0.05, 0) is 37.1 Å². The van der Waals surface area contributed by atoms with Gasteiger partial charge in [0.25, 0.3) is 0 Å². The molecule has 1 atom stereocenters. The van der Waals surface area contributed by atoms with Gasteiger partial charge in [-0.15, -0.1) is 11.8 Å². The van der Waals surface area contributed by atoms with Crippen molar-refractivity contribution in [1.29, 1.82) is 0 Å². The van der Waals surface area contributed by atoms with Gasteiger partial charge in [0, 0.05) is 30.2 Å². The summed E-state index contributed by atoms with van der Waals surface area (Å²) >= 11 is 1.58. The Morgan fingerprint density at radius 1 is 1.35 bits per heavy atom. The summed E-state index contributed by atoms with van der Waals surface area (Å²) < 4.78 is 14.7. The summed E-state index contributed by atoms with van der Waals surface area (Å²) in [4.78, 5) is 19.2. The molecule has 2 aromatic rings. The smallest absolute Gasteiger partial charge is 0.223 e. The highest BCUT2D eigenvalue weighted by Gasteiger charge is 2.24. The molecule has 0 N–H and O–H groups in total. The Morgan fingerprint density at radius 2 is 2.17 bits per heavy atom. The van der Waals surface area contributed by atoms with Gasteiger partial charge in [0.2, 0.25) is 5.91 Å². The van der Waals surface area contributed by atoms with E-state index in [1.54, 1.807) is 30.2 Å². The number of halogens is 1. The van der Waals surface area contributed by atoms with Crippen molar-refractivity contribution in [1.82, 2.24) is 19.7 Å². The van der Waals surface area contributed by atoms with E-state index in [-0.39, 0.29) is 17.8 Å². The molecule has 0 aliphatic carbocycles. The number of hydrogen-bond donors (Lipinski definition) is 0. The minimum atomic E-state index is -0.238. The van der Waals surface area contributed by atoms with Gasteiger partial charge in [0.15, 0.2) is 0 Å². The molecule has 2 heterocycles. The molecule has 0 saturated carbocycles. The monoisotopic (exact) mass is 334 g/mol. The van der Waals surface area contributed by atoms with E-state index in [9.17, 15) is 9.18 Å². The molecule has 1 fully saturated rings. The fourth-order valence-corrected chi connectivity index (χ4v) is 3.59. The molecule has 0 radical (unpaired) electrons. The van der Waals surface area contributed by atoms with E-state index in [4.69, 9.17) is 0 Å². The van der Waals surface area contributed by atoms with Gasteiger partial charge in [0.1, 0.15) is 18.5 Å². The molecule has 1 aromatic heterocycles. The fraction of sp³-hybridized carbons (Fsp3) is 0.438. The second-order valence-corrected chi connectivity index (χ2v) is 6.73. The van der Waals surface area contributed by atoms with Crippen molar-refractivity contribution in [2.75, 3.05) is 18.8 Å². The number of amides is 1. The Balaban J connectivity index is 1.47. The zero-order valence-corrected chi connectivity index (χ0v) is 13.6. The van der Waals surface area contributed by atoms with Crippen LogP contribution in [0.1, 0.15) is 25.3 Å². The van der Waals surface area contributed by atoms with Crippen LogP contribution < -0.4 is 0 Å². The van der Waals surface area contributed by atoms with E-state index in [0.717, 1.165) is 24.3 Å². The minimum Gasteiger partial charge on any atom is -0.341 e. The average Bonchev–Trinajstić information content (AvgIpc) is 3.11. The Morgan fingerprint density at radius 3 is 2.91 bits per heavy atom. The summed E-state index contributed by atoms with van der Waals surface area (Å²) in [5.74, 6) is 0.636. The van der Waals surface area contributed by atoms with E-state index in [1.807, 2.05) is 9.58 Å². The van der Waals surface area contributed by atoms with Crippen molar-refractivity contribution < 1.29 is 9.18 Å². The first-order chi connectivity index (χ1) is 11.2. The fourth-order valence-electron chi connectivity index (χ4n) is 2.75. The van der Waals surface area contributed by atoms with Crippen LogP contribution in [-0.4, -0.2) is 44.4 Å². The normalized spacial score (nSPS) is 18.1. The van der Waals surface area contributed by atoms with E-state index < -0.39 is 0 Å². The third-order valence-corrected chi connectivity index (χ3v) is 4.97. The van der Waals surface area contributed by atoms with Gasteiger partial charge in [-0.25, -0.2) is 14.1 Å². The van der Waals surface area contributed by atoms with Crippen molar-refractivity contribution in [2.45, 2.75) is 30.2 Å². The summed E-state index contributed by atoms with van der Waals surface area (Å²) in [5.41, 5.74) is 0. The van der Waals surface area contributed by atoms with Crippen LogP contribution in [0.5, 0.6) is 0 Å². The summed E-state index contributed by atoms with van der Waals surface area (Å²) in [5, 5.41) is 4.18. The first kappa shape index (κ1) is 16.0. The molecule has 1 aliphatic rings. The first-order valence-electron chi connectivity index (χ1n) is 7.72. The second-order valence-electron chi connectivity index (χ2n) is 5.56. The lowest BCUT2D eigenvalue weighted by Gasteiger charge is -2.32. The minimum absolute atomic E-state index is 0.171. The number of nitrogens with zero attached hydrogens (tertiary/aromatic N) is 4. The second kappa shape index (κ2) is 7.59. The summed E-state index contributed by atoms with van der Waals surface area (Å²) in [6.07, 6.45) is 5.74. The van der Waals surface area contributed by atoms with E-state index in [1.165, 1.54) is 18.5 Å². The van der Waals surface area contributed by atoms with Crippen molar-refractivity contribution in [3.05, 3.63) is 42.7 Å². The zero-order chi connectivity index (χ0) is 16.1. The molecule has 1 amide bonds. The van der Waals surface area contributed by atoms with Crippen LogP contribution >= 0.6 is 11.8 Å². The maximum absolute atomic E-state index is 12.9. The van der Waals surface area contributed by atoms with Gasteiger partial charge >= 0.3 is 0 Å². The molecule has 23 heavy (non-hydrogen) atoms. The number of likely N-dealkylation sites (tertiary alicyclic amines) is 1. The van der Waals surface area contributed by atoms with Crippen molar-refractivity contribution in [3.8, 4) is 0 Å². The number of thioether (sulfide) groups is 1. The Kier molecular flexibility index (Phi) is 5.27. The molecule has 0 unspecified atom stereocenters. The van der Waals surface area contributed by atoms with E-state index in [2.05, 4.69) is 10.1 Å². The topological polar surface area (TPSA) is 51.0 Å². The Labute approximate surface area is 138 Å². The molecule has 1 saturated heterocycles. The summed E-state index contributed by atoms with van der Waals surface area (Å²) in [7, 11) is 0. The van der Waals surface area contributed by atoms with E-state index >= 15 is 0 Å². The number of rotatable bonds is 5. The average molecular weight is 334 g/mol. The highest BCUT2D eigenvalue weighted by atomic mass is 32.2. The van der Waals surface area contributed by atoms with Gasteiger partial charge in [0.05, 0.1) is 6.04 Å². The van der Waals surface area contributed by atoms with Gasteiger partial charge < -0.3 is 4.90 Å². The number of aromatic nitrogens is 3. The van der Waals surface area contributed by atoms with Gasteiger partial charge in [-0.2, -0.15) is 5.10 Å². The van der Waals surface area contributed by atoms with Crippen molar-refractivity contribution in [3.63, 3.8) is 0 Å². The third-order valence-electron chi connectivity index (χ3n) is 3.96. The number of benzene rings is 1. The molecular formula is C16H19FN4OS. The van der Waals surface area contributed by atoms with Crippen molar-refractivity contribution >= 4 is 17.7 Å². The lowest BCUT2D eigenvalue weighted by Crippen LogP contribution is -2.41. The van der Waals surface area contributed by atoms with Gasteiger partial charge in [-0.3, -0.25) is 4.79 Å². The maximum atomic E-state index is 12.9. The Bertz CT molecular complexity index is 632. The third kappa shape index (κ3) is 4.31. The molecule has 7 heteroatoms. The number of hydrogen-bond acceptors (Lipinski definition) is 4. The largest absolute Gasteiger partial charge is 0.341 e. The maximum Gasteiger partial charge on any atom is 0.223 e. The SMILES string of the molecule is O=C(CCSc1ccc(F)cc1)N1CCC[C@@H](n2cncn2)C1. The molecule has 0 bridgehead atoms. The van der Waals surface area contributed by atoms with Crippen LogP contribution in [0, 0.1) is 5.82 Å². The number of carbonyl (C=O) groups excluding carboxylic acids is 1. The van der Waals surface area contributed by atoms with Crippen molar-refractivity contribution in [2.24, 2.45) is 0 Å². The predicted molar refractivity (Wildman–Crippen MR) is 86.6 cm³/mol. The van der Waals surface area contributed by atoms with Crippen LogP contribution in [0.4, 0.5) is 4.39 Å². The molecule has 3 rings (SSSR count). The lowest BCUT2D eigenvalue weighted by molar-refractivity contribution is -0.132. The highest BCUT2D eigenvalue weighted by molar-refractivity contribution is 7.99. The standard InChI is InChI=1S/C16H19FN4OS/c17-13-3-5-15(6-4-13)23-9-7-16(22)20-8-1-2-14(10-20)21-12-18-11-19-21/h3-6,11-12,14H,1-2,7-10H2/t14-/m1/s1. The van der Waals surface area contributed by atoms with Crippen LogP contribution in [0.3, 0.4) is 0 Å². The molecule has 1 aromatic carbocycles. The number of piperidine rings is 1. The quantitative estimate of drug-likeness (QED) is 0.789. The van der Waals surface area contributed by atoms with Crippen LogP contribution in [0.2, 0.25) is 0 Å². The predicted octanol–water partition coefficient (Wildman–Crippen LogP) is 2.76.